The number of hydrogen-bond donors (Lipinski definition) is 3. The summed E-state index contributed by atoms with van der Waals surface area (Å²) in [6, 6.07) is 5.50. The quantitative estimate of drug-likeness (QED) is 0.199. The van der Waals surface area contributed by atoms with Crippen LogP contribution in [0.5, 0.6) is 0 Å². The van der Waals surface area contributed by atoms with Crippen molar-refractivity contribution >= 4 is 17.7 Å². The van der Waals surface area contributed by atoms with Crippen molar-refractivity contribution in [3.8, 4) is 0 Å². The fourth-order valence-corrected chi connectivity index (χ4v) is 0.979. The molecule has 64 valence electrons. The Bertz CT molecular complexity index is 295. The fraction of sp³-hybridized carbons (Fsp3) is 0.125. The number of nitrogens with zero attached hydrogens (tertiary/aromatic N) is 1. The first kappa shape index (κ1) is 8.55. The maximum atomic E-state index is 6.92. The molecule has 0 heterocycles. The number of rotatable bonds is 2. The molecule has 0 amide bonds. The molecule has 5 N–H and O–H groups in total. The second kappa shape index (κ2) is 3.23. The SMILES string of the molecule is Cc1ccc(N(N)C=N)c(N)c1. The van der Waals surface area contributed by atoms with Crippen molar-refractivity contribution in [1.82, 2.24) is 0 Å². The summed E-state index contributed by atoms with van der Waals surface area (Å²) < 4.78 is 0. The molecule has 0 radical (unpaired) electrons. The summed E-state index contributed by atoms with van der Waals surface area (Å²) in [5, 5.41) is 8.09. The summed E-state index contributed by atoms with van der Waals surface area (Å²) in [6.45, 7) is 1.95. The topological polar surface area (TPSA) is 79.1 Å². The van der Waals surface area contributed by atoms with Gasteiger partial charge in [0.1, 0.15) is 6.34 Å². The van der Waals surface area contributed by atoms with Crippen LogP contribution in [0.1, 0.15) is 5.56 Å². The number of nitrogens with one attached hydrogen (secondary N) is 1. The first-order valence-electron chi connectivity index (χ1n) is 3.56. The van der Waals surface area contributed by atoms with E-state index < -0.39 is 0 Å². The van der Waals surface area contributed by atoms with Gasteiger partial charge >= 0.3 is 0 Å². The monoisotopic (exact) mass is 164 g/mol. The van der Waals surface area contributed by atoms with Gasteiger partial charge in [0.2, 0.25) is 0 Å². The minimum Gasteiger partial charge on any atom is -0.397 e. The number of aryl methyl sites for hydroxylation is 1. The Morgan fingerprint density at radius 3 is 2.67 bits per heavy atom. The van der Waals surface area contributed by atoms with Crippen molar-refractivity contribution in [3.63, 3.8) is 0 Å². The van der Waals surface area contributed by atoms with E-state index in [1.165, 1.54) is 5.01 Å². The van der Waals surface area contributed by atoms with Crippen LogP contribution in [0.3, 0.4) is 0 Å². The lowest BCUT2D eigenvalue weighted by Crippen LogP contribution is -2.29. The molecule has 0 bridgehead atoms. The minimum absolute atomic E-state index is 0.584. The molecule has 4 heteroatoms. The Labute approximate surface area is 71.3 Å². The summed E-state index contributed by atoms with van der Waals surface area (Å²) in [7, 11) is 0. The van der Waals surface area contributed by atoms with Gasteiger partial charge in [0.25, 0.3) is 0 Å². The Morgan fingerprint density at radius 2 is 2.17 bits per heavy atom. The van der Waals surface area contributed by atoms with Gasteiger partial charge in [0.05, 0.1) is 11.4 Å². The van der Waals surface area contributed by atoms with Crippen LogP contribution in [0.2, 0.25) is 0 Å². The number of nitrogen functional groups attached to an aromatic ring is 1. The van der Waals surface area contributed by atoms with Crippen LogP contribution in [0.4, 0.5) is 11.4 Å². The van der Waals surface area contributed by atoms with E-state index in [9.17, 15) is 0 Å². The maximum absolute atomic E-state index is 6.92. The van der Waals surface area contributed by atoms with Gasteiger partial charge in [0.15, 0.2) is 0 Å². The molecule has 1 rings (SSSR count). The molecule has 0 aromatic heterocycles. The number of hydrogen-bond acceptors (Lipinski definition) is 3. The molecule has 0 atom stereocenters. The maximum Gasteiger partial charge on any atom is 0.101 e. The van der Waals surface area contributed by atoms with E-state index >= 15 is 0 Å². The zero-order valence-electron chi connectivity index (χ0n) is 6.91. The number of anilines is 2. The predicted octanol–water partition coefficient (Wildman–Crippen LogP) is 0.864. The van der Waals surface area contributed by atoms with Gasteiger partial charge in [-0.25, -0.2) is 5.84 Å². The van der Waals surface area contributed by atoms with Gasteiger partial charge in [-0.2, -0.15) is 0 Å². The van der Waals surface area contributed by atoms with Gasteiger partial charge < -0.3 is 5.73 Å². The van der Waals surface area contributed by atoms with Crippen molar-refractivity contribution in [3.05, 3.63) is 23.8 Å². The first-order chi connectivity index (χ1) is 5.65. The average molecular weight is 164 g/mol. The van der Waals surface area contributed by atoms with E-state index in [2.05, 4.69) is 0 Å². The molecular formula is C8H12N4. The third kappa shape index (κ3) is 1.54. The van der Waals surface area contributed by atoms with Gasteiger partial charge in [-0.1, -0.05) is 6.07 Å². The zero-order chi connectivity index (χ0) is 9.14. The molecule has 0 aliphatic heterocycles. The van der Waals surface area contributed by atoms with Crippen LogP contribution >= 0.6 is 0 Å². The largest absolute Gasteiger partial charge is 0.397 e. The summed E-state index contributed by atoms with van der Waals surface area (Å²) in [4.78, 5) is 0. The molecule has 0 aliphatic rings. The van der Waals surface area contributed by atoms with E-state index in [0.717, 1.165) is 11.9 Å². The molecule has 0 saturated heterocycles. The third-order valence-electron chi connectivity index (χ3n) is 1.60. The van der Waals surface area contributed by atoms with E-state index in [0.29, 0.717) is 11.4 Å². The van der Waals surface area contributed by atoms with Gasteiger partial charge in [0, 0.05) is 0 Å². The van der Waals surface area contributed by atoms with Crippen LogP contribution in [0, 0.1) is 12.3 Å². The normalized spacial score (nSPS) is 9.50. The zero-order valence-corrected chi connectivity index (χ0v) is 6.91. The molecule has 1 aromatic carbocycles. The molecule has 0 spiro atoms. The van der Waals surface area contributed by atoms with Gasteiger partial charge in [-0.15, -0.1) is 0 Å². The van der Waals surface area contributed by atoms with Crippen LogP contribution in [0.15, 0.2) is 18.2 Å². The summed E-state index contributed by atoms with van der Waals surface area (Å²) in [5.74, 6) is 5.46. The van der Waals surface area contributed by atoms with E-state index in [1.54, 1.807) is 6.07 Å². The van der Waals surface area contributed by atoms with E-state index in [1.807, 2.05) is 19.1 Å². The molecule has 0 aliphatic carbocycles. The van der Waals surface area contributed by atoms with Crippen molar-refractivity contribution < 1.29 is 0 Å². The highest BCUT2D eigenvalue weighted by molar-refractivity contribution is 5.82. The highest BCUT2D eigenvalue weighted by atomic mass is 15.4. The van der Waals surface area contributed by atoms with Crippen molar-refractivity contribution in [2.45, 2.75) is 6.92 Å². The summed E-state index contributed by atoms with van der Waals surface area (Å²) in [5.41, 5.74) is 7.98. The van der Waals surface area contributed by atoms with Crippen molar-refractivity contribution in [1.29, 1.82) is 5.41 Å². The number of hydrazine groups is 1. The minimum atomic E-state index is 0.584. The molecule has 4 nitrogen and oxygen atoms in total. The average Bonchev–Trinajstić information content (AvgIpc) is 2.03. The third-order valence-corrected chi connectivity index (χ3v) is 1.60. The Morgan fingerprint density at radius 1 is 1.50 bits per heavy atom. The highest BCUT2D eigenvalue weighted by Gasteiger charge is 2.01. The Kier molecular flexibility index (Phi) is 2.30. The standard InChI is InChI=1S/C8H12N4/c1-6-2-3-8(7(10)4-6)12(11)5-9/h2-5,9H,10-11H2,1H3. The number of benzene rings is 1. The second-order valence-corrected chi connectivity index (χ2v) is 2.60. The summed E-state index contributed by atoms with van der Waals surface area (Å²) >= 11 is 0. The summed E-state index contributed by atoms with van der Waals surface area (Å²) in [6.07, 6.45) is 1.01. The lowest BCUT2D eigenvalue weighted by molar-refractivity contribution is 1.14. The number of nitrogens with two attached hydrogens (primary N) is 2. The first-order valence-corrected chi connectivity index (χ1v) is 3.56. The van der Waals surface area contributed by atoms with Gasteiger partial charge in [-0.3, -0.25) is 10.4 Å². The van der Waals surface area contributed by atoms with E-state index in [4.69, 9.17) is 17.0 Å². The second-order valence-electron chi connectivity index (χ2n) is 2.60. The fourth-order valence-electron chi connectivity index (χ4n) is 0.979. The van der Waals surface area contributed by atoms with Crippen LogP contribution in [-0.2, 0) is 0 Å². The van der Waals surface area contributed by atoms with E-state index in [-0.39, 0.29) is 0 Å². The Hall–Kier alpha value is -1.55. The van der Waals surface area contributed by atoms with Crippen molar-refractivity contribution in [2.75, 3.05) is 10.7 Å². The molecule has 12 heavy (non-hydrogen) atoms. The molecule has 1 aromatic rings. The van der Waals surface area contributed by atoms with Crippen molar-refractivity contribution in [2.24, 2.45) is 5.84 Å². The predicted molar refractivity (Wildman–Crippen MR) is 51.0 cm³/mol. The van der Waals surface area contributed by atoms with Crippen LogP contribution in [-0.4, -0.2) is 6.34 Å². The highest BCUT2D eigenvalue weighted by Crippen LogP contribution is 2.20. The molecule has 0 fully saturated rings. The lowest BCUT2D eigenvalue weighted by Gasteiger charge is -2.14. The molecule has 0 unspecified atom stereocenters. The van der Waals surface area contributed by atoms with Crippen LogP contribution in [0.25, 0.3) is 0 Å². The molecule has 0 saturated carbocycles. The lowest BCUT2D eigenvalue weighted by atomic mass is 10.2. The Balaban J connectivity index is 3.09. The molecular weight excluding hydrogens is 152 g/mol. The van der Waals surface area contributed by atoms with Gasteiger partial charge in [-0.05, 0) is 24.6 Å². The van der Waals surface area contributed by atoms with Crippen LogP contribution < -0.4 is 16.6 Å². The smallest absolute Gasteiger partial charge is 0.101 e.